The lowest BCUT2D eigenvalue weighted by Gasteiger charge is -2.26. The molecule has 0 saturated heterocycles. The maximum absolute atomic E-state index is 11.6. The minimum Gasteiger partial charge on any atom is -0.480 e. The molecule has 0 aliphatic heterocycles. The Bertz CT molecular complexity index is 356. The van der Waals surface area contributed by atoms with E-state index in [0.717, 1.165) is 0 Å². The Morgan fingerprint density at radius 3 is 2.00 bits per heavy atom. The molecule has 1 amide bonds. The minimum atomic E-state index is -1.18. The van der Waals surface area contributed by atoms with Gasteiger partial charge in [0, 0.05) is 0 Å². The van der Waals surface area contributed by atoms with Gasteiger partial charge in [-0.05, 0) is 34.6 Å². The van der Waals surface area contributed by atoms with Crippen molar-refractivity contribution >= 4 is 18.0 Å². The molecule has 0 fully saturated rings. The number of hydrogen-bond acceptors (Lipinski definition) is 5. The van der Waals surface area contributed by atoms with Gasteiger partial charge < -0.3 is 19.9 Å². The molecular formula is C12H21NO6. The highest BCUT2D eigenvalue weighted by Gasteiger charge is 2.29. The first-order chi connectivity index (χ1) is 8.41. The highest BCUT2D eigenvalue weighted by molar-refractivity contribution is 5.77. The monoisotopic (exact) mass is 275 g/mol. The third-order valence-electron chi connectivity index (χ3n) is 1.74. The second-order valence-electron chi connectivity index (χ2n) is 5.66. The van der Waals surface area contributed by atoms with Crippen LogP contribution in [0, 0.1) is 0 Å². The molecule has 0 aromatic heterocycles. The first-order valence-electron chi connectivity index (χ1n) is 5.82. The molecule has 0 unspecified atom stereocenters. The van der Waals surface area contributed by atoms with E-state index < -0.39 is 35.8 Å². The van der Waals surface area contributed by atoms with Gasteiger partial charge in [-0.3, -0.25) is 9.59 Å². The second kappa shape index (κ2) is 6.40. The highest BCUT2D eigenvalue weighted by Crippen LogP contribution is 2.18. The summed E-state index contributed by atoms with van der Waals surface area (Å²) >= 11 is 0. The van der Waals surface area contributed by atoms with Gasteiger partial charge in [0.2, 0.25) is 0 Å². The lowest BCUT2D eigenvalue weighted by atomic mass is 10.1. The zero-order valence-corrected chi connectivity index (χ0v) is 11.9. The molecule has 0 bridgehead atoms. The van der Waals surface area contributed by atoms with Gasteiger partial charge >= 0.3 is 18.0 Å². The molecule has 0 radical (unpaired) electrons. The molecule has 0 heterocycles. The summed E-state index contributed by atoms with van der Waals surface area (Å²) in [6.45, 7) is 7.74. The number of carbonyl (C=O) groups is 3. The number of aliphatic carboxylic acids is 1. The van der Waals surface area contributed by atoms with Crippen molar-refractivity contribution in [1.82, 2.24) is 5.32 Å². The fraction of sp³-hybridized carbons (Fsp3) is 0.750. The Kier molecular flexibility index (Phi) is 5.80. The zero-order valence-electron chi connectivity index (χ0n) is 11.9. The molecule has 0 atom stereocenters. The zero-order chi connectivity index (χ0) is 15.3. The fourth-order valence-electron chi connectivity index (χ4n) is 1.20. The number of hydrogen-bond donors (Lipinski definition) is 2. The first kappa shape index (κ1) is 17.2. The number of ether oxygens (including phenoxy) is 2. The maximum atomic E-state index is 11.6. The Labute approximate surface area is 112 Å². The SMILES string of the molecule is CC(C)(C)OC(=O)CC(C)(C)OC(=O)NCC(=O)O. The molecular weight excluding hydrogens is 254 g/mol. The maximum Gasteiger partial charge on any atom is 0.408 e. The molecule has 7 nitrogen and oxygen atoms in total. The van der Waals surface area contributed by atoms with E-state index in [1.807, 2.05) is 5.32 Å². The Hall–Kier alpha value is -1.79. The topological polar surface area (TPSA) is 102 Å². The molecule has 0 spiro atoms. The van der Waals surface area contributed by atoms with Crippen LogP contribution >= 0.6 is 0 Å². The van der Waals surface area contributed by atoms with Crippen LogP contribution in [0.1, 0.15) is 41.0 Å². The average molecular weight is 275 g/mol. The lowest BCUT2D eigenvalue weighted by Crippen LogP contribution is -2.39. The van der Waals surface area contributed by atoms with E-state index in [-0.39, 0.29) is 6.42 Å². The number of esters is 1. The number of nitrogens with one attached hydrogen (secondary N) is 1. The van der Waals surface area contributed by atoms with Gasteiger partial charge in [-0.25, -0.2) is 4.79 Å². The van der Waals surface area contributed by atoms with E-state index >= 15 is 0 Å². The smallest absolute Gasteiger partial charge is 0.408 e. The molecule has 19 heavy (non-hydrogen) atoms. The fourth-order valence-corrected chi connectivity index (χ4v) is 1.20. The summed E-state index contributed by atoms with van der Waals surface area (Å²) in [5, 5.41) is 10.4. The molecule has 0 aromatic carbocycles. The third kappa shape index (κ3) is 9.87. The van der Waals surface area contributed by atoms with Crippen LogP contribution in [-0.2, 0) is 19.1 Å². The number of carbonyl (C=O) groups excluding carboxylic acids is 2. The normalized spacial score (nSPS) is 11.6. The van der Waals surface area contributed by atoms with Crippen LogP contribution in [0.15, 0.2) is 0 Å². The van der Waals surface area contributed by atoms with Crippen LogP contribution < -0.4 is 5.32 Å². The average Bonchev–Trinajstić information content (AvgIpc) is 2.08. The van der Waals surface area contributed by atoms with Crippen molar-refractivity contribution in [3.05, 3.63) is 0 Å². The third-order valence-corrected chi connectivity index (χ3v) is 1.74. The van der Waals surface area contributed by atoms with Gasteiger partial charge in [0.05, 0.1) is 6.42 Å². The van der Waals surface area contributed by atoms with E-state index in [2.05, 4.69) is 0 Å². The summed E-state index contributed by atoms with van der Waals surface area (Å²) in [7, 11) is 0. The minimum absolute atomic E-state index is 0.120. The van der Waals surface area contributed by atoms with E-state index in [9.17, 15) is 14.4 Å². The molecule has 7 heteroatoms. The summed E-state index contributed by atoms with van der Waals surface area (Å²) < 4.78 is 10.1. The Balaban J connectivity index is 4.27. The van der Waals surface area contributed by atoms with Crippen molar-refractivity contribution < 1.29 is 29.0 Å². The van der Waals surface area contributed by atoms with Gasteiger partial charge in [-0.1, -0.05) is 0 Å². The van der Waals surface area contributed by atoms with Crippen LogP contribution in [0.4, 0.5) is 4.79 Å². The van der Waals surface area contributed by atoms with Crippen LogP contribution in [0.3, 0.4) is 0 Å². The van der Waals surface area contributed by atoms with E-state index in [0.29, 0.717) is 0 Å². The summed E-state index contributed by atoms with van der Waals surface area (Å²) in [6, 6.07) is 0. The van der Waals surface area contributed by atoms with Crippen LogP contribution in [-0.4, -0.2) is 40.9 Å². The van der Waals surface area contributed by atoms with Crippen molar-refractivity contribution in [2.24, 2.45) is 0 Å². The van der Waals surface area contributed by atoms with Crippen molar-refractivity contribution in [2.75, 3.05) is 6.54 Å². The standard InChI is InChI=1S/C12H21NO6/c1-11(2,3)18-9(16)6-12(4,5)19-10(17)13-7-8(14)15/h6-7H2,1-5H3,(H,13,17)(H,14,15). The van der Waals surface area contributed by atoms with Crippen LogP contribution in [0.25, 0.3) is 0 Å². The molecule has 2 N–H and O–H groups in total. The second-order valence-corrected chi connectivity index (χ2v) is 5.66. The Morgan fingerprint density at radius 2 is 1.58 bits per heavy atom. The predicted octanol–water partition coefficient (Wildman–Crippen LogP) is 1.31. The van der Waals surface area contributed by atoms with Gasteiger partial charge in [0.1, 0.15) is 17.7 Å². The summed E-state index contributed by atoms with van der Waals surface area (Å²) in [6.07, 6.45) is -1.01. The number of alkyl carbamates (subject to hydrolysis) is 1. The van der Waals surface area contributed by atoms with E-state index in [4.69, 9.17) is 14.6 Å². The quantitative estimate of drug-likeness (QED) is 0.733. The number of amides is 1. The predicted molar refractivity (Wildman–Crippen MR) is 66.7 cm³/mol. The first-order valence-corrected chi connectivity index (χ1v) is 5.82. The number of carboxylic acids is 1. The summed E-state index contributed by atoms with van der Waals surface area (Å²) in [4.78, 5) is 33.1. The van der Waals surface area contributed by atoms with Crippen molar-refractivity contribution in [2.45, 2.75) is 52.2 Å². The van der Waals surface area contributed by atoms with Gasteiger partial charge in [0.25, 0.3) is 0 Å². The Morgan fingerprint density at radius 1 is 1.05 bits per heavy atom. The van der Waals surface area contributed by atoms with Crippen molar-refractivity contribution in [3.8, 4) is 0 Å². The van der Waals surface area contributed by atoms with Crippen LogP contribution in [0.2, 0.25) is 0 Å². The summed E-state index contributed by atoms with van der Waals surface area (Å²) in [5.41, 5.74) is -1.69. The van der Waals surface area contributed by atoms with Crippen molar-refractivity contribution in [3.63, 3.8) is 0 Å². The number of carboxylic acid groups (broad SMARTS) is 1. The van der Waals surface area contributed by atoms with Gasteiger partial charge in [0.15, 0.2) is 0 Å². The summed E-state index contributed by atoms with van der Waals surface area (Å²) in [5.74, 6) is -1.68. The molecule has 0 aromatic rings. The molecule has 0 rings (SSSR count). The molecule has 0 saturated carbocycles. The molecule has 0 aliphatic carbocycles. The van der Waals surface area contributed by atoms with Crippen LogP contribution in [0.5, 0.6) is 0 Å². The van der Waals surface area contributed by atoms with Gasteiger partial charge in [-0.2, -0.15) is 0 Å². The lowest BCUT2D eigenvalue weighted by molar-refractivity contribution is -0.159. The van der Waals surface area contributed by atoms with Crippen molar-refractivity contribution in [1.29, 1.82) is 0 Å². The van der Waals surface area contributed by atoms with E-state index in [1.165, 1.54) is 13.8 Å². The molecule has 110 valence electrons. The number of rotatable bonds is 5. The largest absolute Gasteiger partial charge is 0.480 e. The highest BCUT2D eigenvalue weighted by atomic mass is 16.6. The van der Waals surface area contributed by atoms with E-state index in [1.54, 1.807) is 20.8 Å². The molecule has 0 aliphatic rings. The van der Waals surface area contributed by atoms with Gasteiger partial charge in [-0.15, -0.1) is 0 Å².